The highest BCUT2D eigenvalue weighted by atomic mass is 16.4. The summed E-state index contributed by atoms with van der Waals surface area (Å²) >= 11 is 0. The number of hydrogen-bond donors (Lipinski definition) is 2. The number of carbonyl (C=O) groups excluding carboxylic acids is 1. The van der Waals surface area contributed by atoms with Gasteiger partial charge in [0, 0.05) is 13.1 Å². The first-order valence-corrected chi connectivity index (χ1v) is 7.09. The largest absolute Gasteiger partial charge is 0.481 e. The lowest BCUT2D eigenvalue weighted by Gasteiger charge is -2.23. The Balaban J connectivity index is 1.70. The zero-order valence-corrected chi connectivity index (χ0v) is 11.9. The molecule has 2 amide bonds. The minimum atomic E-state index is -0.779. The molecule has 0 radical (unpaired) electrons. The van der Waals surface area contributed by atoms with E-state index in [1.54, 1.807) is 24.2 Å². The van der Waals surface area contributed by atoms with E-state index in [1.807, 2.05) is 0 Å². The number of carboxylic acids is 1. The normalized spacial score (nSPS) is 27.5. The minimum Gasteiger partial charge on any atom is -0.481 e. The fraction of sp³-hybridized carbons (Fsp3) is 0.571. The molecule has 0 unspecified atom stereocenters. The number of aromatic nitrogens is 2. The van der Waals surface area contributed by atoms with E-state index in [2.05, 4.69) is 15.3 Å². The van der Waals surface area contributed by atoms with E-state index in [1.165, 1.54) is 0 Å². The molecule has 112 valence electrons. The molecular weight excluding hydrogens is 272 g/mol. The molecule has 2 atom stereocenters. The highest BCUT2D eigenvalue weighted by Crippen LogP contribution is 2.48. The zero-order chi connectivity index (χ0) is 15.0. The SMILES string of the molecule is Cc1ncc(NC(=O)N2C[C@@H]3CCC[C@@]3(C(=O)O)C2)cn1. The maximum atomic E-state index is 12.3. The van der Waals surface area contributed by atoms with Crippen LogP contribution < -0.4 is 5.32 Å². The average molecular weight is 290 g/mol. The first-order chi connectivity index (χ1) is 10.0. The van der Waals surface area contributed by atoms with E-state index in [0.717, 1.165) is 12.8 Å². The summed E-state index contributed by atoms with van der Waals surface area (Å²) in [5.74, 6) is -0.0810. The van der Waals surface area contributed by atoms with E-state index >= 15 is 0 Å². The molecule has 3 rings (SSSR count). The van der Waals surface area contributed by atoms with Gasteiger partial charge in [-0.2, -0.15) is 0 Å². The Morgan fingerprint density at radius 1 is 1.43 bits per heavy atom. The Labute approximate surface area is 122 Å². The van der Waals surface area contributed by atoms with Crippen molar-refractivity contribution in [2.24, 2.45) is 11.3 Å². The molecule has 2 N–H and O–H groups in total. The van der Waals surface area contributed by atoms with Crippen molar-refractivity contribution in [3.63, 3.8) is 0 Å². The molecule has 2 heterocycles. The molecule has 1 aromatic rings. The standard InChI is InChI=1S/C14H18N4O3/c1-9-15-5-11(6-16-9)17-13(21)18-7-10-3-2-4-14(10,8-18)12(19)20/h5-6,10H,2-4,7-8H2,1H3,(H,17,21)(H,19,20)/t10-,14+/m0/s1. The Morgan fingerprint density at radius 2 is 2.14 bits per heavy atom. The van der Waals surface area contributed by atoms with Crippen molar-refractivity contribution in [1.29, 1.82) is 0 Å². The fourth-order valence-corrected chi connectivity index (χ4v) is 3.45. The van der Waals surface area contributed by atoms with E-state index in [4.69, 9.17) is 0 Å². The van der Waals surface area contributed by atoms with Crippen LogP contribution in [0.2, 0.25) is 0 Å². The number of carbonyl (C=O) groups is 2. The molecule has 7 nitrogen and oxygen atoms in total. The van der Waals surface area contributed by atoms with Gasteiger partial charge in [0.15, 0.2) is 0 Å². The number of rotatable bonds is 2. The van der Waals surface area contributed by atoms with E-state index in [-0.39, 0.29) is 18.5 Å². The summed E-state index contributed by atoms with van der Waals surface area (Å²) in [6, 6.07) is -0.280. The monoisotopic (exact) mass is 290 g/mol. The Hall–Kier alpha value is -2.18. The third kappa shape index (κ3) is 2.32. The minimum absolute atomic E-state index is 0.0648. The topological polar surface area (TPSA) is 95.4 Å². The van der Waals surface area contributed by atoms with Gasteiger partial charge in [-0.05, 0) is 25.7 Å². The number of carboxylic acid groups (broad SMARTS) is 1. The summed E-state index contributed by atoms with van der Waals surface area (Å²) in [7, 11) is 0. The summed E-state index contributed by atoms with van der Waals surface area (Å²) in [5.41, 5.74) is -0.228. The van der Waals surface area contributed by atoms with Crippen molar-refractivity contribution in [3.8, 4) is 0 Å². The Kier molecular flexibility index (Phi) is 3.27. The van der Waals surface area contributed by atoms with Gasteiger partial charge < -0.3 is 15.3 Å². The van der Waals surface area contributed by atoms with Crippen LogP contribution in [0.25, 0.3) is 0 Å². The molecule has 1 aromatic heterocycles. The van der Waals surface area contributed by atoms with Crippen LogP contribution in [0.4, 0.5) is 10.5 Å². The molecule has 0 spiro atoms. The van der Waals surface area contributed by atoms with Crippen molar-refractivity contribution in [1.82, 2.24) is 14.9 Å². The second kappa shape index (κ2) is 4.98. The Bertz CT molecular complexity index is 574. The molecule has 0 bridgehead atoms. The predicted molar refractivity (Wildman–Crippen MR) is 74.8 cm³/mol. The van der Waals surface area contributed by atoms with Crippen LogP contribution in [0.15, 0.2) is 12.4 Å². The average Bonchev–Trinajstić information content (AvgIpc) is 2.99. The van der Waals surface area contributed by atoms with Crippen molar-refractivity contribution in [2.75, 3.05) is 18.4 Å². The van der Waals surface area contributed by atoms with Crippen LogP contribution in [-0.4, -0.2) is 45.1 Å². The first-order valence-electron chi connectivity index (χ1n) is 7.09. The van der Waals surface area contributed by atoms with Crippen LogP contribution in [0.5, 0.6) is 0 Å². The number of urea groups is 1. The molecular formula is C14H18N4O3. The number of likely N-dealkylation sites (tertiary alicyclic amines) is 1. The molecule has 0 aromatic carbocycles. The molecule has 1 saturated heterocycles. The van der Waals surface area contributed by atoms with E-state index in [0.29, 0.717) is 24.5 Å². The summed E-state index contributed by atoms with van der Waals surface area (Å²) in [5, 5.41) is 12.2. The summed E-state index contributed by atoms with van der Waals surface area (Å²) in [6.07, 6.45) is 5.56. The smallest absolute Gasteiger partial charge is 0.321 e. The maximum absolute atomic E-state index is 12.3. The molecule has 1 aliphatic carbocycles. The van der Waals surface area contributed by atoms with Crippen LogP contribution in [-0.2, 0) is 4.79 Å². The van der Waals surface area contributed by atoms with E-state index < -0.39 is 11.4 Å². The van der Waals surface area contributed by atoms with Gasteiger partial charge in [-0.3, -0.25) is 4.79 Å². The van der Waals surface area contributed by atoms with Gasteiger partial charge in [0.2, 0.25) is 0 Å². The number of amides is 2. The third-order valence-electron chi connectivity index (χ3n) is 4.62. The van der Waals surface area contributed by atoms with E-state index in [9.17, 15) is 14.7 Å². The highest BCUT2D eigenvalue weighted by molar-refractivity contribution is 5.90. The van der Waals surface area contributed by atoms with Gasteiger partial charge in [-0.25, -0.2) is 14.8 Å². The van der Waals surface area contributed by atoms with Crippen LogP contribution in [0.1, 0.15) is 25.1 Å². The lowest BCUT2D eigenvalue weighted by atomic mass is 9.81. The maximum Gasteiger partial charge on any atom is 0.321 e. The summed E-state index contributed by atoms with van der Waals surface area (Å²) in [6.45, 7) is 2.56. The van der Waals surface area contributed by atoms with Gasteiger partial charge in [-0.1, -0.05) is 6.42 Å². The third-order valence-corrected chi connectivity index (χ3v) is 4.62. The number of aryl methyl sites for hydroxylation is 1. The van der Waals surface area contributed by atoms with Crippen molar-refractivity contribution in [3.05, 3.63) is 18.2 Å². The zero-order valence-electron chi connectivity index (χ0n) is 11.9. The summed E-state index contributed by atoms with van der Waals surface area (Å²) in [4.78, 5) is 33.5. The number of fused-ring (bicyclic) bond motifs is 1. The predicted octanol–water partition coefficient (Wildman–Crippen LogP) is 1.50. The van der Waals surface area contributed by atoms with Crippen molar-refractivity contribution < 1.29 is 14.7 Å². The Morgan fingerprint density at radius 3 is 2.76 bits per heavy atom. The van der Waals surface area contributed by atoms with Gasteiger partial charge in [0.25, 0.3) is 0 Å². The van der Waals surface area contributed by atoms with Gasteiger partial charge in [-0.15, -0.1) is 0 Å². The number of anilines is 1. The molecule has 7 heteroatoms. The lowest BCUT2D eigenvalue weighted by Crippen LogP contribution is -2.38. The number of hydrogen-bond acceptors (Lipinski definition) is 4. The number of aliphatic carboxylic acids is 1. The lowest BCUT2D eigenvalue weighted by molar-refractivity contribution is -0.149. The highest BCUT2D eigenvalue weighted by Gasteiger charge is 2.55. The second-order valence-electron chi connectivity index (χ2n) is 5.88. The van der Waals surface area contributed by atoms with Gasteiger partial charge in [0.1, 0.15) is 5.82 Å². The van der Waals surface area contributed by atoms with Gasteiger partial charge >= 0.3 is 12.0 Å². The first kappa shape index (κ1) is 13.8. The fourth-order valence-electron chi connectivity index (χ4n) is 3.45. The second-order valence-corrected chi connectivity index (χ2v) is 5.88. The molecule has 1 aliphatic heterocycles. The number of nitrogens with zero attached hydrogens (tertiary/aromatic N) is 3. The van der Waals surface area contributed by atoms with Crippen LogP contribution in [0, 0.1) is 18.3 Å². The van der Waals surface area contributed by atoms with Crippen LogP contribution >= 0.6 is 0 Å². The quantitative estimate of drug-likeness (QED) is 0.860. The molecule has 2 aliphatic rings. The molecule has 1 saturated carbocycles. The molecule has 21 heavy (non-hydrogen) atoms. The summed E-state index contributed by atoms with van der Waals surface area (Å²) < 4.78 is 0. The van der Waals surface area contributed by atoms with Crippen molar-refractivity contribution >= 4 is 17.7 Å². The van der Waals surface area contributed by atoms with Crippen LogP contribution in [0.3, 0.4) is 0 Å². The molecule has 2 fully saturated rings. The van der Waals surface area contributed by atoms with Gasteiger partial charge in [0.05, 0.1) is 23.5 Å². The van der Waals surface area contributed by atoms with Crippen molar-refractivity contribution in [2.45, 2.75) is 26.2 Å². The number of nitrogens with one attached hydrogen (secondary N) is 1.